The lowest BCUT2D eigenvalue weighted by Crippen LogP contribution is -2.40. The predicted octanol–water partition coefficient (Wildman–Crippen LogP) is 3.75. The lowest BCUT2D eigenvalue weighted by Gasteiger charge is -2.26. The van der Waals surface area contributed by atoms with Crippen molar-refractivity contribution in [1.82, 2.24) is 9.62 Å². The van der Waals surface area contributed by atoms with Crippen molar-refractivity contribution in [1.29, 1.82) is 0 Å². The Balaban J connectivity index is 1.50. The molecule has 0 spiro atoms. The quantitative estimate of drug-likeness (QED) is 0.598. The molecule has 0 saturated carbocycles. The molecule has 1 aliphatic rings. The van der Waals surface area contributed by atoms with E-state index in [1.807, 2.05) is 49.4 Å². The van der Waals surface area contributed by atoms with Crippen LogP contribution < -0.4 is 5.32 Å². The number of sulfonamides is 1. The molecule has 1 heterocycles. The van der Waals surface area contributed by atoms with Crippen LogP contribution in [0.4, 0.5) is 4.39 Å². The van der Waals surface area contributed by atoms with Crippen LogP contribution in [0.3, 0.4) is 0 Å². The smallest absolute Gasteiger partial charge is 0.254 e. The van der Waals surface area contributed by atoms with Gasteiger partial charge in [-0.25, -0.2) is 12.8 Å². The van der Waals surface area contributed by atoms with E-state index in [-0.39, 0.29) is 30.1 Å². The number of hydrogen-bond acceptors (Lipinski definition) is 4. The summed E-state index contributed by atoms with van der Waals surface area (Å²) >= 11 is 0. The molecular weight excluding hydrogens is 443 g/mol. The molecule has 6 nitrogen and oxygen atoms in total. The predicted molar refractivity (Wildman–Crippen MR) is 124 cm³/mol. The zero-order chi connectivity index (χ0) is 23.4. The summed E-state index contributed by atoms with van der Waals surface area (Å²) < 4.78 is 46.6. The van der Waals surface area contributed by atoms with Crippen LogP contribution in [-0.4, -0.2) is 44.9 Å². The van der Waals surface area contributed by atoms with Gasteiger partial charge in [0.2, 0.25) is 10.0 Å². The summed E-state index contributed by atoms with van der Waals surface area (Å²) in [6, 6.07) is 19.1. The molecular formula is C25H25FN2O4S. The largest absolute Gasteiger partial charge is 0.379 e. The lowest BCUT2D eigenvalue weighted by atomic mass is 10.0. The Morgan fingerprint density at radius 2 is 1.70 bits per heavy atom. The summed E-state index contributed by atoms with van der Waals surface area (Å²) in [5.74, 6) is -1.45. The number of amides is 1. The molecule has 0 aromatic heterocycles. The van der Waals surface area contributed by atoms with E-state index in [0.29, 0.717) is 13.2 Å². The van der Waals surface area contributed by atoms with Crippen LogP contribution in [0.5, 0.6) is 0 Å². The molecule has 0 bridgehead atoms. The number of aryl methyl sites for hydroxylation is 1. The normalized spacial score (nSPS) is 14.7. The van der Waals surface area contributed by atoms with E-state index in [2.05, 4.69) is 11.4 Å². The second kappa shape index (κ2) is 9.82. The molecule has 1 saturated heterocycles. The van der Waals surface area contributed by atoms with E-state index in [1.54, 1.807) is 0 Å². The number of benzene rings is 3. The zero-order valence-electron chi connectivity index (χ0n) is 18.3. The van der Waals surface area contributed by atoms with Crippen LogP contribution in [0.1, 0.15) is 21.5 Å². The summed E-state index contributed by atoms with van der Waals surface area (Å²) in [6.45, 7) is 3.25. The molecule has 0 radical (unpaired) electrons. The number of rotatable bonds is 6. The first kappa shape index (κ1) is 23.1. The van der Waals surface area contributed by atoms with Crippen molar-refractivity contribution in [3.8, 4) is 11.1 Å². The van der Waals surface area contributed by atoms with Gasteiger partial charge in [-0.3, -0.25) is 4.79 Å². The number of carbonyl (C=O) groups excluding carboxylic acids is 1. The third kappa shape index (κ3) is 5.30. The van der Waals surface area contributed by atoms with Crippen molar-refractivity contribution in [3.63, 3.8) is 0 Å². The molecule has 33 heavy (non-hydrogen) atoms. The molecule has 1 N–H and O–H groups in total. The van der Waals surface area contributed by atoms with Gasteiger partial charge in [0.05, 0.1) is 23.7 Å². The summed E-state index contributed by atoms with van der Waals surface area (Å²) in [6.07, 6.45) is 0. The number of nitrogens with zero attached hydrogens (tertiary/aromatic N) is 1. The van der Waals surface area contributed by atoms with Crippen molar-refractivity contribution in [2.75, 3.05) is 26.3 Å². The van der Waals surface area contributed by atoms with Crippen molar-refractivity contribution in [2.45, 2.75) is 18.4 Å². The molecule has 8 heteroatoms. The fourth-order valence-electron chi connectivity index (χ4n) is 3.74. The first-order chi connectivity index (χ1) is 15.8. The van der Waals surface area contributed by atoms with E-state index < -0.39 is 21.7 Å². The summed E-state index contributed by atoms with van der Waals surface area (Å²) in [5, 5.41) is 2.70. The maximum absolute atomic E-state index is 14.4. The molecule has 0 atom stereocenters. The monoisotopic (exact) mass is 468 g/mol. The third-order valence-electron chi connectivity index (χ3n) is 5.52. The Morgan fingerprint density at radius 1 is 1.00 bits per heavy atom. The highest BCUT2D eigenvalue weighted by atomic mass is 32.2. The molecule has 0 aliphatic carbocycles. The first-order valence-corrected chi connectivity index (χ1v) is 12.1. The van der Waals surface area contributed by atoms with E-state index in [0.717, 1.165) is 34.4 Å². The van der Waals surface area contributed by atoms with Gasteiger partial charge in [-0.15, -0.1) is 0 Å². The molecule has 3 aromatic rings. The van der Waals surface area contributed by atoms with Gasteiger partial charge in [0.1, 0.15) is 5.82 Å². The van der Waals surface area contributed by atoms with Crippen molar-refractivity contribution in [2.24, 2.45) is 0 Å². The minimum atomic E-state index is -3.84. The highest BCUT2D eigenvalue weighted by Gasteiger charge is 2.27. The Kier molecular flexibility index (Phi) is 6.88. The van der Waals surface area contributed by atoms with Crippen LogP contribution >= 0.6 is 0 Å². The average Bonchev–Trinajstić information content (AvgIpc) is 2.83. The van der Waals surface area contributed by atoms with E-state index in [4.69, 9.17) is 4.74 Å². The lowest BCUT2D eigenvalue weighted by molar-refractivity contribution is 0.0730. The second-order valence-corrected chi connectivity index (χ2v) is 9.85. The number of hydrogen-bond donors (Lipinski definition) is 1. The van der Waals surface area contributed by atoms with Crippen LogP contribution in [0.2, 0.25) is 0 Å². The van der Waals surface area contributed by atoms with Crippen molar-refractivity contribution in [3.05, 3.63) is 89.2 Å². The molecule has 1 amide bonds. The number of morpholine rings is 1. The van der Waals surface area contributed by atoms with E-state index >= 15 is 0 Å². The fraction of sp³-hybridized carbons (Fsp3) is 0.240. The second-order valence-electron chi connectivity index (χ2n) is 7.91. The van der Waals surface area contributed by atoms with Gasteiger partial charge in [0.25, 0.3) is 5.91 Å². The Labute approximate surface area is 193 Å². The van der Waals surface area contributed by atoms with Crippen LogP contribution in [0, 0.1) is 12.7 Å². The summed E-state index contributed by atoms with van der Waals surface area (Å²) in [4.78, 5) is 12.6. The topological polar surface area (TPSA) is 75.7 Å². The van der Waals surface area contributed by atoms with Gasteiger partial charge < -0.3 is 10.1 Å². The molecule has 3 aromatic carbocycles. The van der Waals surface area contributed by atoms with Gasteiger partial charge in [-0.1, -0.05) is 48.0 Å². The molecule has 172 valence electrons. The summed E-state index contributed by atoms with van der Waals surface area (Å²) in [7, 11) is -3.84. The van der Waals surface area contributed by atoms with Crippen LogP contribution in [0.15, 0.2) is 71.6 Å². The zero-order valence-corrected chi connectivity index (χ0v) is 19.1. The SMILES string of the molecule is Cc1cccc(-c2cccc(CNC(=O)c3cc(S(=O)(=O)N4CCOCC4)ccc3F)c2)c1. The van der Waals surface area contributed by atoms with Crippen LogP contribution in [0.25, 0.3) is 11.1 Å². The highest BCUT2D eigenvalue weighted by molar-refractivity contribution is 7.89. The molecule has 1 aliphatic heterocycles. The summed E-state index contributed by atoms with van der Waals surface area (Å²) in [5.41, 5.74) is 3.76. The fourth-order valence-corrected chi connectivity index (χ4v) is 5.17. The number of ether oxygens (including phenoxy) is 1. The Hall–Kier alpha value is -3.07. The highest BCUT2D eigenvalue weighted by Crippen LogP contribution is 2.22. The van der Waals surface area contributed by atoms with Crippen molar-refractivity contribution >= 4 is 15.9 Å². The van der Waals surface area contributed by atoms with Gasteiger partial charge in [-0.2, -0.15) is 4.31 Å². The minimum Gasteiger partial charge on any atom is -0.379 e. The molecule has 0 unspecified atom stereocenters. The maximum atomic E-state index is 14.4. The molecule has 1 fully saturated rings. The van der Waals surface area contributed by atoms with Crippen LogP contribution in [-0.2, 0) is 21.3 Å². The number of nitrogens with one attached hydrogen (secondary N) is 1. The van der Waals surface area contributed by atoms with Gasteiger partial charge in [0, 0.05) is 19.6 Å². The minimum absolute atomic E-state index is 0.114. The van der Waals surface area contributed by atoms with E-state index in [1.165, 1.54) is 10.4 Å². The number of halogens is 1. The Morgan fingerprint density at radius 3 is 2.42 bits per heavy atom. The Bertz CT molecular complexity index is 1270. The van der Waals surface area contributed by atoms with Gasteiger partial charge in [0.15, 0.2) is 0 Å². The van der Waals surface area contributed by atoms with Gasteiger partial charge in [-0.05, 0) is 47.9 Å². The first-order valence-electron chi connectivity index (χ1n) is 10.7. The van der Waals surface area contributed by atoms with E-state index in [9.17, 15) is 17.6 Å². The van der Waals surface area contributed by atoms with Crippen molar-refractivity contribution < 1.29 is 22.3 Å². The maximum Gasteiger partial charge on any atom is 0.254 e. The number of carbonyl (C=O) groups is 1. The standard InChI is InChI=1S/C25H25FN2O4S/c1-18-4-2-6-20(14-18)21-7-3-5-19(15-21)17-27-25(29)23-16-22(8-9-24(23)26)33(30,31)28-10-12-32-13-11-28/h2-9,14-16H,10-13,17H2,1H3,(H,27,29). The third-order valence-corrected chi connectivity index (χ3v) is 7.42. The molecule has 4 rings (SSSR count). The average molecular weight is 469 g/mol. The van der Waals surface area contributed by atoms with Gasteiger partial charge >= 0.3 is 0 Å².